The number of hydrogen-bond donors (Lipinski definition) is 1. The van der Waals surface area contributed by atoms with Crippen LogP contribution in [0.15, 0.2) is 22.7 Å². The van der Waals surface area contributed by atoms with Crippen LogP contribution in [0.2, 0.25) is 0 Å². The first kappa shape index (κ1) is 17.5. The predicted octanol–water partition coefficient (Wildman–Crippen LogP) is 4.00. The van der Waals surface area contributed by atoms with Gasteiger partial charge in [0.15, 0.2) is 0 Å². The van der Waals surface area contributed by atoms with Crippen LogP contribution in [0.5, 0.6) is 5.75 Å². The maximum Gasteiger partial charge on any atom is 0.119 e. The van der Waals surface area contributed by atoms with E-state index >= 15 is 0 Å². The van der Waals surface area contributed by atoms with Crippen molar-refractivity contribution in [1.82, 2.24) is 5.32 Å². The average molecular weight is 344 g/mol. The maximum absolute atomic E-state index is 5.87. The first-order valence-corrected chi connectivity index (χ1v) is 8.07. The third kappa shape index (κ3) is 6.73. The normalized spacial score (nSPS) is 12.4. The third-order valence-electron chi connectivity index (χ3n) is 3.13. The monoisotopic (exact) mass is 343 g/mol. The van der Waals surface area contributed by atoms with Crippen molar-refractivity contribution in [2.75, 3.05) is 26.9 Å². The lowest BCUT2D eigenvalue weighted by molar-refractivity contribution is 0.199. The molecular weight excluding hydrogens is 318 g/mol. The highest BCUT2D eigenvalue weighted by molar-refractivity contribution is 9.10. The fraction of sp³-hybridized carbons (Fsp3) is 0.625. The number of hydrogen-bond acceptors (Lipinski definition) is 3. The number of benzene rings is 1. The molecule has 114 valence electrons. The first-order valence-electron chi connectivity index (χ1n) is 7.28. The van der Waals surface area contributed by atoms with Crippen LogP contribution in [-0.4, -0.2) is 26.9 Å². The smallest absolute Gasteiger partial charge is 0.119 e. The predicted molar refractivity (Wildman–Crippen MR) is 87.3 cm³/mol. The number of methoxy groups -OCH3 is 1. The van der Waals surface area contributed by atoms with E-state index in [9.17, 15) is 0 Å². The van der Waals surface area contributed by atoms with E-state index in [1.807, 2.05) is 12.1 Å². The molecule has 3 nitrogen and oxygen atoms in total. The largest absolute Gasteiger partial charge is 0.493 e. The highest BCUT2D eigenvalue weighted by atomic mass is 79.9. The number of halogens is 1. The van der Waals surface area contributed by atoms with Crippen molar-refractivity contribution < 1.29 is 9.47 Å². The van der Waals surface area contributed by atoms with E-state index in [-0.39, 0.29) is 0 Å². The minimum Gasteiger partial charge on any atom is -0.493 e. The summed E-state index contributed by atoms with van der Waals surface area (Å²) in [7, 11) is 1.71. The molecule has 1 unspecified atom stereocenters. The molecule has 0 aliphatic heterocycles. The lowest BCUT2D eigenvalue weighted by atomic mass is 10.1. The standard InChI is InChI=1S/C16H26BrNO2/c1-4-5-13(2)12-20-15-6-7-16(17)14(10-15)11-18-8-9-19-3/h6-7,10,13,18H,4-5,8-9,11-12H2,1-3H3. The fourth-order valence-corrected chi connectivity index (χ4v) is 2.38. The summed E-state index contributed by atoms with van der Waals surface area (Å²) in [5, 5.41) is 3.35. The Morgan fingerprint density at radius 1 is 1.35 bits per heavy atom. The van der Waals surface area contributed by atoms with E-state index < -0.39 is 0 Å². The summed E-state index contributed by atoms with van der Waals surface area (Å²) in [5.41, 5.74) is 1.21. The van der Waals surface area contributed by atoms with Crippen LogP contribution in [0.3, 0.4) is 0 Å². The van der Waals surface area contributed by atoms with Crippen molar-refractivity contribution in [3.63, 3.8) is 0 Å². The molecule has 1 aromatic rings. The zero-order chi connectivity index (χ0) is 14.8. The molecule has 0 aliphatic carbocycles. The summed E-state index contributed by atoms with van der Waals surface area (Å²) >= 11 is 3.58. The Morgan fingerprint density at radius 3 is 2.85 bits per heavy atom. The molecule has 0 spiro atoms. The Bertz CT molecular complexity index is 385. The maximum atomic E-state index is 5.87. The van der Waals surface area contributed by atoms with Crippen molar-refractivity contribution in [3.05, 3.63) is 28.2 Å². The van der Waals surface area contributed by atoms with Crippen molar-refractivity contribution in [2.24, 2.45) is 5.92 Å². The van der Waals surface area contributed by atoms with Crippen molar-refractivity contribution in [1.29, 1.82) is 0 Å². The highest BCUT2D eigenvalue weighted by Gasteiger charge is 2.05. The Kier molecular flexibility index (Phi) is 8.90. The topological polar surface area (TPSA) is 30.5 Å². The van der Waals surface area contributed by atoms with Gasteiger partial charge < -0.3 is 14.8 Å². The van der Waals surface area contributed by atoms with E-state index in [4.69, 9.17) is 9.47 Å². The summed E-state index contributed by atoms with van der Waals surface area (Å²) in [5.74, 6) is 1.55. The summed E-state index contributed by atoms with van der Waals surface area (Å²) in [6.07, 6.45) is 2.42. The zero-order valence-electron chi connectivity index (χ0n) is 12.7. The van der Waals surface area contributed by atoms with Crippen LogP contribution in [0.25, 0.3) is 0 Å². The second kappa shape index (κ2) is 10.2. The molecule has 0 fully saturated rings. The van der Waals surface area contributed by atoms with E-state index in [2.05, 4.69) is 41.2 Å². The van der Waals surface area contributed by atoms with Crippen molar-refractivity contribution in [2.45, 2.75) is 33.2 Å². The minimum atomic E-state index is 0.604. The van der Waals surface area contributed by atoms with Gasteiger partial charge in [0.2, 0.25) is 0 Å². The molecule has 0 saturated carbocycles. The molecule has 0 bridgehead atoms. The van der Waals surface area contributed by atoms with Crippen molar-refractivity contribution in [3.8, 4) is 5.75 Å². The molecule has 1 aromatic carbocycles. The number of nitrogens with one attached hydrogen (secondary N) is 1. The SMILES string of the molecule is CCCC(C)COc1ccc(Br)c(CNCCOC)c1. The molecule has 1 rings (SSSR count). The molecule has 0 heterocycles. The molecule has 0 amide bonds. The van der Waals surface area contributed by atoms with Crippen LogP contribution in [-0.2, 0) is 11.3 Å². The molecule has 1 N–H and O–H groups in total. The summed E-state index contributed by atoms with van der Waals surface area (Å²) < 4.78 is 12.0. The number of ether oxygens (including phenoxy) is 2. The van der Waals surface area contributed by atoms with Gasteiger partial charge >= 0.3 is 0 Å². The summed E-state index contributed by atoms with van der Waals surface area (Å²) in [6.45, 7) is 7.61. The van der Waals surface area contributed by atoms with Gasteiger partial charge in [-0.3, -0.25) is 0 Å². The third-order valence-corrected chi connectivity index (χ3v) is 3.91. The molecule has 20 heavy (non-hydrogen) atoms. The van der Waals surface area contributed by atoms with Gasteiger partial charge in [0.25, 0.3) is 0 Å². The molecule has 0 aliphatic rings. The summed E-state index contributed by atoms with van der Waals surface area (Å²) in [6, 6.07) is 6.16. The fourth-order valence-electron chi connectivity index (χ4n) is 1.99. The van der Waals surface area contributed by atoms with Gasteiger partial charge in [0.1, 0.15) is 5.75 Å². The molecule has 0 aromatic heterocycles. The minimum absolute atomic E-state index is 0.604. The van der Waals surface area contributed by atoms with Gasteiger partial charge in [0, 0.05) is 24.7 Å². The van der Waals surface area contributed by atoms with Crippen LogP contribution in [0, 0.1) is 5.92 Å². The van der Waals surface area contributed by atoms with Gasteiger partial charge in [-0.05, 0) is 36.1 Å². The quantitative estimate of drug-likeness (QED) is 0.651. The second-order valence-corrected chi connectivity index (χ2v) is 5.98. The zero-order valence-corrected chi connectivity index (χ0v) is 14.3. The highest BCUT2D eigenvalue weighted by Crippen LogP contribution is 2.23. The molecule has 1 atom stereocenters. The molecule has 4 heteroatoms. The van der Waals surface area contributed by atoms with Gasteiger partial charge in [-0.15, -0.1) is 0 Å². The lowest BCUT2D eigenvalue weighted by Crippen LogP contribution is -2.18. The van der Waals surface area contributed by atoms with Crippen molar-refractivity contribution >= 4 is 15.9 Å². The van der Waals surface area contributed by atoms with Gasteiger partial charge in [-0.2, -0.15) is 0 Å². The molecule has 0 saturated heterocycles. The Labute approximate surface area is 131 Å². The van der Waals surface area contributed by atoms with E-state index in [0.29, 0.717) is 5.92 Å². The number of rotatable bonds is 10. The first-order chi connectivity index (χ1) is 9.67. The summed E-state index contributed by atoms with van der Waals surface area (Å²) in [4.78, 5) is 0. The second-order valence-electron chi connectivity index (χ2n) is 5.13. The lowest BCUT2D eigenvalue weighted by Gasteiger charge is -2.14. The van der Waals surface area contributed by atoms with Gasteiger partial charge in [-0.1, -0.05) is 36.2 Å². The van der Waals surface area contributed by atoms with Crippen LogP contribution >= 0.6 is 15.9 Å². The Morgan fingerprint density at radius 2 is 2.15 bits per heavy atom. The Balaban J connectivity index is 2.48. The Hall–Kier alpha value is -0.580. The van der Waals surface area contributed by atoms with Gasteiger partial charge in [-0.25, -0.2) is 0 Å². The molecular formula is C16H26BrNO2. The average Bonchev–Trinajstić information content (AvgIpc) is 2.44. The van der Waals surface area contributed by atoms with E-state index in [1.165, 1.54) is 18.4 Å². The van der Waals surface area contributed by atoms with Crippen LogP contribution < -0.4 is 10.1 Å². The van der Waals surface area contributed by atoms with E-state index in [0.717, 1.165) is 36.5 Å². The van der Waals surface area contributed by atoms with Crippen LogP contribution in [0.1, 0.15) is 32.3 Å². The van der Waals surface area contributed by atoms with Crippen LogP contribution in [0.4, 0.5) is 0 Å². The molecule has 0 radical (unpaired) electrons. The van der Waals surface area contributed by atoms with Gasteiger partial charge in [0.05, 0.1) is 13.2 Å². The van der Waals surface area contributed by atoms with E-state index in [1.54, 1.807) is 7.11 Å².